The first-order chi connectivity index (χ1) is 15.6. The zero-order chi connectivity index (χ0) is 22.5. The zero-order valence-corrected chi connectivity index (χ0v) is 20.2. The first-order valence-corrected chi connectivity index (χ1v) is 10.9. The fourth-order valence-corrected chi connectivity index (χ4v) is 3.49. The highest BCUT2D eigenvalue weighted by Crippen LogP contribution is 2.31. The molecule has 0 spiro atoms. The van der Waals surface area contributed by atoms with Gasteiger partial charge < -0.3 is 19.4 Å². The van der Waals surface area contributed by atoms with Crippen LogP contribution in [-0.2, 0) is 13.2 Å². The van der Waals surface area contributed by atoms with Crippen LogP contribution in [0.2, 0.25) is 0 Å². The Labute approximate surface area is 201 Å². The number of hydrogen-bond acceptors (Lipinski definition) is 6. The molecule has 33 heavy (non-hydrogen) atoms. The van der Waals surface area contributed by atoms with Gasteiger partial charge in [-0.1, -0.05) is 50.2 Å². The smallest absolute Gasteiger partial charge is 0.166 e. The summed E-state index contributed by atoms with van der Waals surface area (Å²) in [5.41, 5.74) is 2.96. The van der Waals surface area contributed by atoms with Crippen molar-refractivity contribution in [2.45, 2.75) is 39.8 Å². The minimum absolute atomic E-state index is 0. The van der Waals surface area contributed by atoms with E-state index in [1.54, 1.807) is 7.11 Å². The monoisotopic (exact) mass is 467 g/mol. The summed E-state index contributed by atoms with van der Waals surface area (Å²) in [6.07, 6.45) is 1.81. The Balaban J connectivity index is 0.00000306. The van der Waals surface area contributed by atoms with Crippen molar-refractivity contribution in [2.75, 3.05) is 19.0 Å². The Hall–Kier alpha value is -3.32. The third-order valence-corrected chi connectivity index (χ3v) is 5.16. The number of anilines is 1. The van der Waals surface area contributed by atoms with Gasteiger partial charge in [0.15, 0.2) is 28.8 Å². The molecule has 8 heteroatoms. The second kappa shape index (κ2) is 11.0. The van der Waals surface area contributed by atoms with E-state index in [-0.39, 0.29) is 18.3 Å². The molecule has 2 heterocycles. The molecule has 2 aromatic carbocycles. The number of nitrogens with zero attached hydrogens (tertiary/aromatic N) is 4. The average molecular weight is 468 g/mol. The van der Waals surface area contributed by atoms with E-state index in [1.165, 1.54) is 0 Å². The molecule has 0 amide bonds. The van der Waals surface area contributed by atoms with E-state index in [9.17, 15) is 0 Å². The summed E-state index contributed by atoms with van der Waals surface area (Å²) < 4.78 is 13.6. The van der Waals surface area contributed by atoms with Gasteiger partial charge in [0.05, 0.1) is 20.0 Å². The Morgan fingerprint density at radius 2 is 1.79 bits per heavy atom. The topological polar surface area (TPSA) is 74.1 Å². The predicted molar refractivity (Wildman–Crippen MR) is 133 cm³/mol. The molecule has 0 aromatic heterocycles. The van der Waals surface area contributed by atoms with Crippen molar-refractivity contribution in [2.24, 2.45) is 0 Å². The van der Waals surface area contributed by atoms with E-state index < -0.39 is 0 Å². The highest BCUT2D eigenvalue weighted by molar-refractivity contribution is 5.85. The summed E-state index contributed by atoms with van der Waals surface area (Å²) in [6, 6.07) is 16.1. The molecular weight excluding hydrogens is 438 g/mol. The lowest BCUT2D eigenvalue weighted by Crippen LogP contribution is -2.11. The van der Waals surface area contributed by atoms with Crippen LogP contribution >= 0.6 is 12.4 Å². The number of imidazole rings is 1. The fourth-order valence-electron chi connectivity index (χ4n) is 3.49. The van der Waals surface area contributed by atoms with Gasteiger partial charge in [-0.15, -0.1) is 12.4 Å². The number of ether oxygens (including phenoxy) is 2. The highest BCUT2D eigenvalue weighted by atomic mass is 35.5. The van der Waals surface area contributed by atoms with Crippen LogP contribution in [0.4, 0.5) is 5.82 Å². The molecule has 0 fully saturated rings. The molecule has 2 aliphatic heterocycles. The van der Waals surface area contributed by atoms with Gasteiger partial charge in [-0.25, -0.2) is 15.0 Å². The van der Waals surface area contributed by atoms with Crippen molar-refractivity contribution in [1.29, 1.82) is 0 Å². The first-order valence-electron chi connectivity index (χ1n) is 10.9. The van der Waals surface area contributed by atoms with E-state index in [0.717, 1.165) is 40.8 Å². The highest BCUT2D eigenvalue weighted by Gasteiger charge is 2.21. The third-order valence-electron chi connectivity index (χ3n) is 5.16. The molecule has 0 saturated heterocycles. The van der Waals surface area contributed by atoms with Crippen LogP contribution in [-0.4, -0.2) is 33.2 Å². The number of fused-ring (bicyclic) bond motifs is 1. The molecule has 2 aliphatic rings. The summed E-state index contributed by atoms with van der Waals surface area (Å²) in [5.74, 6) is 4.06. The number of benzene rings is 2. The van der Waals surface area contributed by atoms with Gasteiger partial charge in [0.1, 0.15) is 12.4 Å². The molecule has 0 unspecified atom stereocenters. The summed E-state index contributed by atoms with van der Waals surface area (Å²) in [7, 11) is 1.65. The van der Waals surface area contributed by atoms with Crippen molar-refractivity contribution in [1.82, 2.24) is 19.5 Å². The summed E-state index contributed by atoms with van der Waals surface area (Å²) in [6.45, 7) is 8.08. The van der Waals surface area contributed by atoms with Crippen LogP contribution < -0.4 is 14.8 Å². The standard InChI is InChI=1S/C25H29N5O2.ClH/c1-5-26-24-22-25(29-23(28-22)17(2)3)30(16-27-24)14-19-11-12-20(31-4)21(13-19)32-15-18-9-7-6-8-10-18;/h6-13,16-17,26H,5,14-15H2,1-4H3;1H. The molecule has 174 valence electrons. The maximum atomic E-state index is 6.08. The molecular formula is C25H30ClN5O2. The molecule has 0 atom stereocenters. The molecule has 1 N–H and O–H groups in total. The summed E-state index contributed by atoms with van der Waals surface area (Å²) >= 11 is 0. The van der Waals surface area contributed by atoms with Gasteiger partial charge >= 0.3 is 0 Å². The van der Waals surface area contributed by atoms with Crippen LogP contribution in [0.3, 0.4) is 0 Å². The van der Waals surface area contributed by atoms with Crippen molar-refractivity contribution < 1.29 is 9.47 Å². The molecule has 7 nitrogen and oxygen atoms in total. The number of rotatable bonds is 9. The SMILES string of the molecule is CCNc1ncn(Cc2ccc(OC)c(OCc3ccccc3)c2)c2nc(C(C)C)nc1-2.Cl. The molecule has 0 bridgehead atoms. The van der Waals surface area contributed by atoms with E-state index in [1.807, 2.05) is 66.3 Å². The maximum Gasteiger partial charge on any atom is 0.166 e. The number of halogens is 1. The minimum atomic E-state index is 0. The van der Waals surface area contributed by atoms with E-state index in [0.29, 0.717) is 24.7 Å². The van der Waals surface area contributed by atoms with E-state index >= 15 is 0 Å². The Bertz CT molecular complexity index is 1150. The average Bonchev–Trinajstić information content (AvgIpc) is 3.27. The molecule has 2 aromatic rings. The van der Waals surface area contributed by atoms with Crippen LogP contribution in [0.15, 0.2) is 54.9 Å². The lowest BCUT2D eigenvalue weighted by molar-refractivity contribution is 0.284. The van der Waals surface area contributed by atoms with Crippen LogP contribution in [0, 0.1) is 0 Å². The van der Waals surface area contributed by atoms with Gasteiger partial charge in [0.25, 0.3) is 0 Å². The molecule has 0 aliphatic carbocycles. The molecule has 0 radical (unpaired) electrons. The van der Waals surface area contributed by atoms with Gasteiger partial charge in [-0.2, -0.15) is 0 Å². The van der Waals surface area contributed by atoms with Crippen LogP contribution in [0.1, 0.15) is 43.6 Å². The first kappa shape index (κ1) is 24.3. The maximum absolute atomic E-state index is 6.08. The summed E-state index contributed by atoms with van der Waals surface area (Å²) in [4.78, 5) is 14.1. The fraction of sp³-hybridized carbons (Fsp3) is 0.320. The number of hydrogen-bond donors (Lipinski definition) is 1. The van der Waals surface area contributed by atoms with Gasteiger partial charge in [0.2, 0.25) is 0 Å². The van der Waals surface area contributed by atoms with Crippen molar-refractivity contribution >= 4 is 18.2 Å². The van der Waals surface area contributed by atoms with Gasteiger partial charge in [-0.05, 0) is 30.2 Å². The largest absolute Gasteiger partial charge is 0.493 e. The quantitative estimate of drug-likeness (QED) is 0.355. The van der Waals surface area contributed by atoms with Crippen LogP contribution in [0.25, 0.3) is 11.5 Å². The predicted octanol–water partition coefficient (Wildman–Crippen LogP) is 5.39. The third kappa shape index (κ3) is 5.54. The second-order valence-electron chi connectivity index (χ2n) is 7.92. The van der Waals surface area contributed by atoms with E-state index in [4.69, 9.17) is 19.4 Å². The number of aromatic nitrogens is 4. The normalized spacial score (nSPS) is 10.8. The lowest BCUT2D eigenvalue weighted by atomic mass is 10.2. The zero-order valence-electron chi connectivity index (χ0n) is 19.4. The Kier molecular flexibility index (Phi) is 8.11. The van der Waals surface area contributed by atoms with Gasteiger partial charge in [-0.3, -0.25) is 0 Å². The lowest BCUT2D eigenvalue weighted by Gasteiger charge is -2.15. The minimum Gasteiger partial charge on any atom is -0.493 e. The van der Waals surface area contributed by atoms with E-state index in [2.05, 4.69) is 24.1 Å². The summed E-state index contributed by atoms with van der Waals surface area (Å²) in [5, 5.41) is 3.29. The van der Waals surface area contributed by atoms with Crippen LogP contribution in [0.5, 0.6) is 11.5 Å². The molecule has 4 rings (SSSR count). The Morgan fingerprint density at radius 3 is 2.48 bits per heavy atom. The number of nitrogens with one attached hydrogen (secondary N) is 1. The Morgan fingerprint density at radius 1 is 1.00 bits per heavy atom. The number of methoxy groups -OCH3 is 1. The van der Waals surface area contributed by atoms with Crippen molar-refractivity contribution in [3.05, 3.63) is 71.8 Å². The van der Waals surface area contributed by atoms with Crippen molar-refractivity contribution in [3.63, 3.8) is 0 Å². The molecule has 0 saturated carbocycles. The van der Waals surface area contributed by atoms with Crippen molar-refractivity contribution in [3.8, 4) is 23.0 Å². The van der Waals surface area contributed by atoms with Gasteiger partial charge in [0, 0.05) is 12.5 Å². The second-order valence-corrected chi connectivity index (χ2v) is 7.92.